The molecule has 0 bridgehead atoms. The molecule has 1 aromatic carbocycles. The molecule has 2 N–H and O–H groups in total. The summed E-state index contributed by atoms with van der Waals surface area (Å²) in [5, 5.41) is 20.7. The molecule has 4 rings (SSSR count). The van der Waals surface area contributed by atoms with Crippen LogP contribution in [0.1, 0.15) is 18.7 Å². The lowest BCUT2D eigenvalue weighted by atomic mass is 10.1. The zero-order chi connectivity index (χ0) is 17.2. The molecular formula is C16H17N5O4. The van der Waals surface area contributed by atoms with Crippen molar-refractivity contribution in [1.82, 2.24) is 25.2 Å². The minimum atomic E-state index is -0.879. The molecule has 130 valence electrons. The lowest BCUT2D eigenvalue weighted by Crippen LogP contribution is -2.40. The number of nitrogens with one attached hydrogen (secondary N) is 1. The average molecular weight is 343 g/mol. The summed E-state index contributed by atoms with van der Waals surface area (Å²) in [6, 6.07) is 5.73. The van der Waals surface area contributed by atoms with Gasteiger partial charge in [-0.2, -0.15) is 10.1 Å². The van der Waals surface area contributed by atoms with E-state index in [-0.39, 0.29) is 12.7 Å². The summed E-state index contributed by atoms with van der Waals surface area (Å²) in [5.41, 5.74) is 1.77. The molecule has 1 aliphatic rings. The number of carbonyl (C=O) groups is 1. The number of H-pyrrole nitrogens is 1. The first-order chi connectivity index (χ1) is 12.2. The van der Waals surface area contributed by atoms with E-state index in [4.69, 9.17) is 14.4 Å². The third-order valence-corrected chi connectivity index (χ3v) is 4.32. The number of hydrogen-bond donors (Lipinski definition) is 2. The number of carboxylic acid groups (broad SMARTS) is 1. The maximum atomic E-state index is 10.9. The highest BCUT2D eigenvalue weighted by molar-refractivity contribution is 5.82. The van der Waals surface area contributed by atoms with Crippen LogP contribution in [0.4, 0.5) is 4.79 Å². The molecule has 0 spiro atoms. The molecule has 0 radical (unpaired) electrons. The summed E-state index contributed by atoms with van der Waals surface area (Å²) in [5.74, 6) is 0.908. The molecule has 3 aromatic rings. The van der Waals surface area contributed by atoms with Crippen molar-refractivity contribution in [3.63, 3.8) is 0 Å². The lowest BCUT2D eigenvalue weighted by Gasteiger charge is -2.29. The van der Waals surface area contributed by atoms with Crippen LogP contribution >= 0.6 is 0 Å². The number of nitrogens with zero attached hydrogens (tertiary/aromatic N) is 4. The predicted octanol–water partition coefficient (Wildman–Crippen LogP) is 2.27. The van der Waals surface area contributed by atoms with E-state index < -0.39 is 6.09 Å². The molecular weight excluding hydrogens is 326 g/mol. The maximum Gasteiger partial charge on any atom is 0.407 e. The number of rotatable bonds is 4. The van der Waals surface area contributed by atoms with Crippen LogP contribution in [0.5, 0.6) is 0 Å². The molecule has 2 aromatic heterocycles. The second-order valence-electron chi connectivity index (χ2n) is 5.97. The summed E-state index contributed by atoms with van der Waals surface area (Å²) < 4.78 is 11.1. The molecule has 1 aliphatic heterocycles. The minimum Gasteiger partial charge on any atom is -0.465 e. The van der Waals surface area contributed by atoms with Crippen molar-refractivity contribution in [2.24, 2.45) is 0 Å². The Balaban J connectivity index is 1.36. The van der Waals surface area contributed by atoms with Gasteiger partial charge in [-0.15, -0.1) is 0 Å². The minimum absolute atomic E-state index is 0.0137. The number of amides is 1. The van der Waals surface area contributed by atoms with E-state index in [0.29, 0.717) is 37.6 Å². The summed E-state index contributed by atoms with van der Waals surface area (Å²) in [7, 11) is 0. The predicted molar refractivity (Wildman–Crippen MR) is 86.8 cm³/mol. The molecule has 1 fully saturated rings. The molecule has 1 saturated heterocycles. The Morgan fingerprint density at radius 2 is 2.24 bits per heavy atom. The zero-order valence-corrected chi connectivity index (χ0v) is 13.4. The first-order valence-corrected chi connectivity index (χ1v) is 8.04. The van der Waals surface area contributed by atoms with E-state index >= 15 is 0 Å². The van der Waals surface area contributed by atoms with E-state index in [9.17, 15) is 4.79 Å². The van der Waals surface area contributed by atoms with Crippen molar-refractivity contribution in [2.45, 2.75) is 25.6 Å². The van der Waals surface area contributed by atoms with Crippen molar-refractivity contribution in [2.75, 3.05) is 13.1 Å². The van der Waals surface area contributed by atoms with E-state index in [1.807, 2.05) is 18.2 Å². The molecule has 0 aliphatic carbocycles. The van der Waals surface area contributed by atoms with Crippen LogP contribution in [0.25, 0.3) is 22.4 Å². The van der Waals surface area contributed by atoms with Crippen molar-refractivity contribution >= 4 is 17.0 Å². The highest BCUT2D eigenvalue weighted by atomic mass is 16.5. The third-order valence-electron chi connectivity index (χ3n) is 4.32. The number of benzene rings is 1. The van der Waals surface area contributed by atoms with E-state index in [1.54, 1.807) is 6.20 Å². The van der Waals surface area contributed by atoms with E-state index in [1.165, 1.54) is 4.90 Å². The molecule has 3 heterocycles. The van der Waals surface area contributed by atoms with Crippen molar-refractivity contribution < 1.29 is 19.2 Å². The smallest absolute Gasteiger partial charge is 0.407 e. The van der Waals surface area contributed by atoms with Gasteiger partial charge >= 0.3 is 6.09 Å². The van der Waals surface area contributed by atoms with Crippen LogP contribution in [0.2, 0.25) is 0 Å². The SMILES string of the molecule is O=C(O)N1CCC(OCc2noc(-c3ccc4[nH]ncc4c3)n2)CC1. The number of fused-ring (bicyclic) bond motifs is 1. The summed E-state index contributed by atoms with van der Waals surface area (Å²) in [6.07, 6.45) is 2.22. The number of aromatic amines is 1. The van der Waals surface area contributed by atoms with E-state index in [0.717, 1.165) is 16.5 Å². The Labute approximate surface area is 142 Å². The highest BCUT2D eigenvalue weighted by Crippen LogP contribution is 2.22. The Kier molecular flexibility index (Phi) is 4.06. The van der Waals surface area contributed by atoms with Crippen LogP contribution in [0.3, 0.4) is 0 Å². The standard InChI is InChI=1S/C16H17N5O4/c22-16(23)21-5-3-12(4-6-21)24-9-14-18-15(25-20-14)10-1-2-13-11(7-10)8-17-19-13/h1-2,7-8,12H,3-6,9H2,(H,17,19)(H,22,23). The van der Waals surface area contributed by atoms with Crippen LogP contribution < -0.4 is 0 Å². The number of piperidine rings is 1. The quantitative estimate of drug-likeness (QED) is 0.746. The van der Waals surface area contributed by atoms with Gasteiger partial charge in [0.25, 0.3) is 5.89 Å². The Morgan fingerprint density at radius 1 is 1.40 bits per heavy atom. The van der Waals surface area contributed by atoms with Gasteiger partial charge in [-0.1, -0.05) is 5.16 Å². The average Bonchev–Trinajstić information content (AvgIpc) is 3.28. The fourth-order valence-corrected chi connectivity index (χ4v) is 2.91. The first-order valence-electron chi connectivity index (χ1n) is 8.04. The first kappa shape index (κ1) is 15.6. The van der Waals surface area contributed by atoms with Crippen LogP contribution in [-0.4, -0.2) is 55.6 Å². The monoisotopic (exact) mass is 343 g/mol. The summed E-state index contributed by atoms with van der Waals surface area (Å²) in [6.45, 7) is 1.22. The molecule has 9 nitrogen and oxygen atoms in total. The topological polar surface area (TPSA) is 117 Å². The van der Waals surface area contributed by atoms with Gasteiger partial charge in [0.2, 0.25) is 0 Å². The van der Waals surface area contributed by atoms with Crippen LogP contribution in [0, 0.1) is 0 Å². The van der Waals surface area contributed by atoms with Gasteiger partial charge in [-0.05, 0) is 31.0 Å². The van der Waals surface area contributed by atoms with Crippen LogP contribution in [-0.2, 0) is 11.3 Å². The van der Waals surface area contributed by atoms with E-state index in [2.05, 4.69) is 20.3 Å². The second kappa shape index (κ2) is 6.52. The number of likely N-dealkylation sites (tertiary alicyclic amines) is 1. The third kappa shape index (κ3) is 3.31. The number of ether oxygens (including phenoxy) is 1. The normalized spacial score (nSPS) is 15.8. The zero-order valence-electron chi connectivity index (χ0n) is 13.4. The maximum absolute atomic E-state index is 10.9. The van der Waals surface area contributed by atoms with Gasteiger partial charge in [0.15, 0.2) is 5.82 Å². The molecule has 0 saturated carbocycles. The van der Waals surface area contributed by atoms with Gasteiger partial charge in [0, 0.05) is 24.0 Å². The summed E-state index contributed by atoms with van der Waals surface area (Å²) in [4.78, 5) is 16.7. The van der Waals surface area contributed by atoms with Crippen molar-refractivity contribution in [3.8, 4) is 11.5 Å². The Hall–Kier alpha value is -2.94. The Bertz CT molecular complexity index is 881. The van der Waals surface area contributed by atoms with Crippen molar-refractivity contribution in [1.29, 1.82) is 0 Å². The van der Waals surface area contributed by atoms with Crippen LogP contribution in [0.15, 0.2) is 28.9 Å². The number of hydrogen-bond acceptors (Lipinski definition) is 6. The Morgan fingerprint density at radius 3 is 3.04 bits per heavy atom. The van der Waals surface area contributed by atoms with Gasteiger partial charge < -0.3 is 19.3 Å². The molecule has 0 atom stereocenters. The van der Waals surface area contributed by atoms with Gasteiger partial charge in [-0.3, -0.25) is 5.10 Å². The molecule has 9 heteroatoms. The van der Waals surface area contributed by atoms with Gasteiger partial charge in [0.05, 0.1) is 17.8 Å². The van der Waals surface area contributed by atoms with Gasteiger partial charge in [-0.25, -0.2) is 4.79 Å². The molecule has 1 amide bonds. The van der Waals surface area contributed by atoms with Gasteiger partial charge in [0.1, 0.15) is 6.61 Å². The fraction of sp³-hybridized carbons (Fsp3) is 0.375. The molecule has 25 heavy (non-hydrogen) atoms. The lowest BCUT2D eigenvalue weighted by molar-refractivity contribution is -0.00294. The number of aromatic nitrogens is 4. The summed E-state index contributed by atoms with van der Waals surface area (Å²) >= 11 is 0. The fourth-order valence-electron chi connectivity index (χ4n) is 2.91. The highest BCUT2D eigenvalue weighted by Gasteiger charge is 2.23. The molecule has 0 unspecified atom stereocenters. The largest absolute Gasteiger partial charge is 0.465 e. The second-order valence-corrected chi connectivity index (χ2v) is 5.97. The van der Waals surface area contributed by atoms with Crippen molar-refractivity contribution in [3.05, 3.63) is 30.2 Å².